The summed E-state index contributed by atoms with van der Waals surface area (Å²) in [5.74, 6) is -1.08. The van der Waals surface area contributed by atoms with E-state index >= 15 is 0 Å². The van der Waals surface area contributed by atoms with Crippen molar-refractivity contribution < 1.29 is 23.4 Å². The predicted molar refractivity (Wildman–Crippen MR) is 75.1 cm³/mol. The lowest BCUT2D eigenvalue weighted by atomic mass is 9.97. The van der Waals surface area contributed by atoms with Crippen molar-refractivity contribution in [1.82, 2.24) is 14.5 Å². The van der Waals surface area contributed by atoms with E-state index in [0.29, 0.717) is 0 Å². The first-order valence-electron chi connectivity index (χ1n) is 6.72. The number of hydrogen-bond donors (Lipinski definition) is 3. The van der Waals surface area contributed by atoms with Gasteiger partial charge in [-0.2, -0.15) is 5.10 Å². The van der Waals surface area contributed by atoms with Crippen LogP contribution in [0.25, 0.3) is 0 Å². The number of carboxylic acid groups (broad SMARTS) is 1. The summed E-state index contributed by atoms with van der Waals surface area (Å²) < 4.78 is 27.4. The topological polar surface area (TPSA) is 122 Å². The summed E-state index contributed by atoms with van der Waals surface area (Å²) in [5, 5.41) is 22.2. The van der Waals surface area contributed by atoms with Gasteiger partial charge in [-0.15, -0.1) is 0 Å². The van der Waals surface area contributed by atoms with Crippen molar-refractivity contribution >= 4 is 16.0 Å². The second-order valence-electron chi connectivity index (χ2n) is 4.76. The molecule has 21 heavy (non-hydrogen) atoms. The van der Waals surface area contributed by atoms with E-state index in [4.69, 9.17) is 5.11 Å². The number of nitrogens with one attached hydrogen (secondary N) is 1. The molecule has 0 radical (unpaired) electrons. The van der Waals surface area contributed by atoms with Crippen LogP contribution in [-0.2, 0) is 21.4 Å². The zero-order valence-electron chi connectivity index (χ0n) is 12.1. The average Bonchev–Trinajstić information content (AvgIpc) is 2.86. The van der Waals surface area contributed by atoms with Gasteiger partial charge in [0, 0.05) is 12.7 Å². The molecule has 0 amide bonds. The molecule has 0 aliphatic rings. The van der Waals surface area contributed by atoms with Crippen molar-refractivity contribution in [3.8, 4) is 0 Å². The lowest BCUT2D eigenvalue weighted by molar-refractivity contribution is -0.137. The highest BCUT2D eigenvalue weighted by atomic mass is 32.2. The molecule has 8 nitrogen and oxygen atoms in total. The summed E-state index contributed by atoms with van der Waals surface area (Å²) in [5.41, 5.74) is 0. The summed E-state index contributed by atoms with van der Waals surface area (Å²) in [6.07, 6.45) is 2.98. The number of sulfonamides is 1. The zero-order valence-corrected chi connectivity index (χ0v) is 12.9. The fourth-order valence-corrected chi connectivity index (χ4v) is 2.99. The Morgan fingerprint density at radius 2 is 2.05 bits per heavy atom. The van der Waals surface area contributed by atoms with Crippen molar-refractivity contribution in [2.75, 3.05) is 6.54 Å². The van der Waals surface area contributed by atoms with Crippen molar-refractivity contribution in [3.05, 3.63) is 12.4 Å². The molecule has 1 aromatic heterocycles. The fourth-order valence-electron chi connectivity index (χ4n) is 1.99. The number of aliphatic carboxylic acids is 1. The molecular weight excluding hydrogens is 298 g/mol. The minimum absolute atomic E-state index is 0.0300. The number of aromatic nitrogens is 2. The Kier molecular flexibility index (Phi) is 6.31. The van der Waals surface area contributed by atoms with Crippen LogP contribution in [0.2, 0.25) is 0 Å². The van der Waals surface area contributed by atoms with Gasteiger partial charge < -0.3 is 10.2 Å². The maximum Gasteiger partial charge on any atom is 0.325 e. The van der Waals surface area contributed by atoms with Crippen LogP contribution < -0.4 is 4.72 Å². The van der Waals surface area contributed by atoms with Gasteiger partial charge in [-0.05, 0) is 5.92 Å². The van der Waals surface area contributed by atoms with Crippen LogP contribution in [0.4, 0.5) is 0 Å². The van der Waals surface area contributed by atoms with Crippen molar-refractivity contribution in [2.24, 2.45) is 5.92 Å². The Morgan fingerprint density at radius 3 is 2.57 bits per heavy atom. The maximum absolute atomic E-state index is 12.0. The summed E-state index contributed by atoms with van der Waals surface area (Å²) in [4.78, 5) is 10.4. The Hall–Kier alpha value is -1.45. The molecule has 3 N–H and O–H groups in total. The molecule has 0 spiro atoms. The van der Waals surface area contributed by atoms with Gasteiger partial charge in [0.1, 0.15) is 11.4 Å². The molecule has 9 heteroatoms. The number of rotatable bonds is 9. The molecule has 1 atom stereocenters. The largest absolute Gasteiger partial charge is 0.480 e. The molecular formula is C12H21N3O5S. The Balaban J connectivity index is 2.69. The predicted octanol–water partition coefficient (Wildman–Crippen LogP) is 0.0431. The third-order valence-electron chi connectivity index (χ3n) is 3.29. The molecule has 1 rings (SSSR count). The van der Waals surface area contributed by atoms with Crippen LogP contribution in [0, 0.1) is 5.92 Å². The van der Waals surface area contributed by atoms with Crippen LogP contribution >= 0.6 is 0 Å². The van der Waals surface area contributed by atoms with Gasteiger partial charge in [-0.25, -0.2) is 13.1 Å². The second kappa shape index (κ2) is 7.53. The summed E-state index contributed by atoms with van der Waals surface area (Å²) in [6.45, 7) is 3.37. The number of hydrogen-bond acceptors (Lipinski definition) is 5. The van der Waals surface area contributed by atoms with Crippen LogP contribution in [0.5, 0.6) is 0 Å². The molecule has 1 unspecified atom stereocenters. The lowest BCUT2D eigenvalue weighted by Crippen LogP contribution is -2.36. The van der Waals surface area contributed by atoms with Crippen molar-refractivity contribution in [3.63, 3.8) is 0 Å². The Labute approximate surface area is 123 Å². The summed E-state index contributed by atoms with van der Waals surface area (Å²) >= 11 is 0. The van der Waals surface area contributed by atoms with Crippen LogP contribution in [0.1, 0.15) is 26.7 Å². The normalized spacial score (nSPS) is 13.5. The van der Waals surface area contributed by atoms with Gasteiger partial charge in [0.25, 0.3) is 0 Å². The van der Waals surface area contributed by atoms with E-state index in [-0.39, 0.29) is 17.4 Å². The Bertz CT molecular complexity index is 565. The van der Waals surface area contributed by atoms with Crippen molar-refractivity contribution in [1.29, 1.82) is 0 Å². The molecule has 0 bridgehead atoms. The fraction of sp³-hybridized carbons (Fsp3) is 0.667. The highest BCUT2D eigenvalue weighted by Crippen LogP contribution is 2.13. The smallest absolute Gasteiger partial charge is 0.325 e. The van der Waals surface area contributed by atoms with E-state index in [1.807, 2.05) is 13.8 Å². The first-order chi connectivity index (χ1) is 9.80. The van der Waals surface area contributed by atoms with E-state index in [9.17, 15) is 18.3 Å². The maximum atomic E-state index is 12.0. The Morgan fingerprint density at radius 1 is 1.43 bits per heavy atom. The van der Waals surface area contributed by atoms with Gasteiger partial charge in [-0.3, -0.25) is 9.48 Å². The molecule has 1 heterocycles. The third-order valence-corrected chi connectivity index (χ3v) is 4.67. The molecule has 0 fully saturated rings. The number of carboxylic acids is 1. The second-order valence-corrected chi connectivity index (χ2v) is 6.53. The number of nitrogens with zero attached hydrogens (tertiary/aromatic N) is 2. The monoisotopic (exact) mass is 319 g/mol. The molecule has 0 aliphatic carbocycles. The van der Waals surface area contributed by atoms with E-state index in [1.165, 1.54) is 0 Å². The first-order valence-corrected chi connectivity index (χ1v) is 8.20. The van der Waals surface area contributed by atoms with Crippen LogP contribution in [0.3, 0.4) is 0 Å². The quantitative estimate of drug-likeness (QED) is 0.591. The van der Waals surface area contributed by atoms with Gasteiger partial charge in [0.15, 0.2) is 0 Å². The molecule has 1 aromatic rings. The van der Waals surface area contributed by atoms with Gasteiger partial charge in [0.05, 0.1) is 12.3 Å². The molecule has 0 aromatic carbocycles. The molecule has 0 saturated carbocycles. The number of carbonyl (C=O) groups is 1. The number of aliphatic hydroxyl groups is 1. The van der Waals surface area contributed by atoms with E-state index < -0.39 is 28.6 Å². The van der Waals surface area contributed by atoms with E-state index in [2.05, 4.69) is 9.82 Å². The van der Waals surface area contributed by atoms with Crippen molar-refractivity contribution in [2.45, 2.75) is 44.2 Å². The van der Waals surface area contributed by atoms with Gasteiger partial charge in [-0.1, -0.05) is 26.7 Å². The van der Waals surface area contributed by atoms with Gasteiger partial charge in [0.2, 0.25) is 10.0 Å². The highest BCUT2D eigenvalue weighted by Gasteiger charge is 2.21. The van der Waals surface area contributed by atoms with Crippen LogP contribution in [0.15, 0.2) is 17.3 Å². The van der Waals surface area contributed by atoms with Crippen LogP contribution in [-0.4, -0.2) is 47.0 Å². The molecule has 0 aliphatic heterocycles. The van der Waals surface area contributed by atoms with Gasteiger partial charge >= 0.3 is 5.97 Å². The zero-order chi connectivity index (χ0) is 16.0. The minimum Gasteiger partial charge on any atom is -0.480 e. The molecule has 0 saturated heterocycles. The first kappa shape index (κ1) is 17.6. The standard InChI is InChI=1S/C12H21N3O5S/c1-3-9(4-2)11(16)6-14-21(19,20)10-5-13-15(7-10)8-12(17)18/h5,7,9,11,14,16H,3-4,6,8H2,1-2H3,(H,17,18). The lowest BCUT2D eigenvalue weighted by Gasteiger charge is -2.20. The summed E-state index contributed by atoms with van der Waals surface area (Å²) in [7, 11) is -3.81. The molecule has 120 valence electrons. The highest BCUT2D eigenvalue weighted by molar-refractivity contribution is 7.89. The van der Waals surface area contributed by atoms with E-state index in [1.54, 1.807) is 0 Å². The number of aliphatic hydroxyl groups excluding tert-OH is 1. The minimum atomic E-state index is -3.81. The summed E-state index contributed by atoms with van der Waals surface area (Å²) in [6, 6.07) is 0. The van der Waals surface area contributed by atoms with E-state index in [0.717, 1.165) is 29.9 Å². The SMILES string of the molecule is CCC(CC)C(O)CNS(=O)(=O)c1cnn(CC(=O)O)c1. The average molecular weight is 319 g/mol. The third kappa shape index (κ3) is 5.10.